The van der Waals surface area contributed by atoms with E-state index >= 15 is 0 Å². The van der Waals surface area contributed by atoms with Crippen LogP contribution in [-0.2, 0) is 19.2 Å². The maximum Gasteiger partial charge on any atom is 0.349 e. The monoisotopic (exact) mass is 362 g/mol. The Balaban J connectivity index is -0.000000269. The van der Waals surface area contributed by atoms with Gasteiger partial charge in [-0.3, -0.25) is 0 Å². The smallest absolute Gasteiger partial charge is 0.349 e. The van der Waals surface area contributed by atoms with Gasteiger partial charge in [0.2, 0.25) is 0 Å². The molecule has 0 rings (SSSR count). The molecule has 0 fully saturated rings. The van der Waals surface area contributed by atoms with E-state index in [9.17, 15) is 19.2 Å². The summed E-state index contributed by atoms with van der Waals surface area (Å²) in [5.74, 6) is -5.64. The van der Waals surface area contributed by atoms with Crippen molar-refractivity contribution in [3.05, 3.63) is 22.2 Å². The minimum atomic E-state index is -1.56. The topological polar surface area (TPSA) is 190 Å². The minimum Gasteiger partial charge on any atom is -0.478 e. The molecule has 0 saturated carbocycles. The van der Waals surface area contributed by atoms with E-state index in [1.54, 1.807) is 0 Å². The first-order valence-electron chi connectivity index (χ1n) is 4.88. The number of halogens is 2. The highest BCUT2D eigenvalue weighted by Crippen LogP contribution is 2.13. The first-order chi connectivity index (χ1) is 10.0. The molecule has 0 bridgehead atoms. The number of carboxylic acid groups (broad SMARTS) is 4. The largest absolute Gasteiger partial charge is 0.478 e. The van der Waals surface area contributed by atoms with Crippen molar-refractivity contribution in [1.29, 1.82) is 0 Å². The fraction of sp³-hybridized carbons (Fsp3) is 0.200. The molecule has 0 aromatic carbocycles. The summed E-state index contributed by atoms with van der Waals surface area (Å²) in [5, 5.41) is 45.2. The van der Waals surface area contributed by atoms with E-state index < -0.39 is 33.9 Å². The summed E-state index contributed by atoms with van der Waals surface area (Å²) >= 11 is 9.86. The van der Waals surface area contributed by atoms with Crippen molar-refractivity contribution in [3.63, 3.8) is 0 Å². The first-order valence-corrected chi connectivity index (χ1v) is 5.64. The summed E-state index contributed by atoms with van der Waals surface area (Å²) in [6.07, 6.45) is 1.12. The Morgan fingerprint density at radius 1 is 0.682 bits per heavy atom. The van der Waals surface area contributed by atoms with Gasteiger partial charge in [0.1, 0.15) is 0 Å². The molecular weight excluding hydrogens is 351 g/mol. The van der Waals surface area contributed by atoms with Crippen LogP contribution < -0.4 is 0 Å². The van der Waals surface area contributed by atoms with E-state index in [0.717, 1.165) is 0 Å². The molecule has 0 aromatic rings. The molecular formula is C10H12Cl2O10. The maximum absolute atomic E-state index is 9.91. The molecule has 0 heterocycles. The van der Waals surface area contributed by atoms with Gasteiger partial charge in [0.25, 0.3) is 0 Å². The van der Waals surface area contributed by atoms with Crippen molar-refractivity contribution in [3.8, 4) is 0 Å². The Morgan fingerprint density at radius 3 is 1.00 bits per heavy atom. The lowest BCUT2D eigenvalue weighted by atomic mass is 10.5. The van der Waals surface area contributed by atoms with Gasteiger partial charge < -0.3 is 30.6 Å². The lowest BCUT2D eigenvalue weighted by Crippen LogP contribution is -2.02. The Kier molecular flexibility index (Phi) is 17.2. The van der Waals surface area contributed by atoms with Gasteiger partial charge in [-0.05, 0) is 0 Å². The highest BCUT2D eigenvalue weighted by molar-refractivity contribution is 6.52. The van der Waals surface area contributed by atoms with Crippen molar-refractivity contribution in [1.82, 2.24) is 0 Å². The molecule has 0 unspecified atom stereocenters. The third-order valence-corrected chi connectivity index (χ3v) is 1.83. The van der Waals surface area contributed by atoms with E-state index in [1.165, 1.54) is 0 Å². The SMILES string of the molecule is O=C(O)/C(Cl)=C(/Cl)C(=O)O.O=C(O)/C=C\C(=O)O.OCCO. The molecule has 0 saturated heterocycles. The summed E-state index contributed by atoms with van der Waals surface area (Å²) in [5.41, 5.74) is 0. The molecule has 0 aliphatic rings. The fourth-order valence-electron chi connectivity index (χ4n) is 0.330. The van der Waals surface area contributed by atoms with Crippen LogP contribution in [0.1, 0.15) is 0 Å². The van der Waals surface area contributed by atoms with Gasteiger partial charge in [-0.2, -0.15) is 0 Å². The molecule has 0 spiro atoms. The van der Waals surface area contributed by atoms with Crippen LogP contribution in [0.2, 0.25) is 0 Å². The summed E-state index contributed by atoms with van der Waals surface area (Å²) in [6, 6.07) is 0. The number of aliphatic carboxylic acids is 4. The molecule has 0 aromatic heterocycles. The van der Waals surface area contributed by atoms with Crippen molar-refractivity contribution in [2.45, 2.75) is 0 Å². The minimum absolute atomic E-state index is 0.125. The van der Waals surface area contributed by atoms with Crippen LogP contribution in [-0.4, -0.2) is 67.7 Å². The van der Waals surface area contributed by atoms with Crippen LogP contribution in [0.4, 0.5) is 0 Å². The lowest BCUT2D eigenvalue weighted by molar-refractivity contribution is -0.134. The van der Waals surface area contributed by atoms with E-state index in [0.29, 0.717) is 12.2 Å². The highest BCUT2D eigenvalue weighted by Gasteiger charge is 2.15. The van der Waals surface area contributed by atoms with Crippen LogP contribution in [0, 0.1) is 0 Å². The van der Waals surface area contributed by atoms with Gasteiger partial charge in [-0.1, -0.05) is 23.2 Å². The maximum atomic E-state index is 9.91. The Morgan fingerprint density at radius 2 is 0.909 bits per heavy atom. The van der Waals surface area contributed by atoms with Crippen LogP contribution in [0.15, 0.2) is 22.2 Å². The number of carboxylic acids is 4. The van der Waals surface area contributed by atoms with Gasteiger partial charge in [0.15, 0.2) is 10.1 Å². The van der Waals surface area contributed by atoms with E-state index in [4.69, 9.17) is 53.8 Å². The Labute approximate surface area is 133 Å². The molecule has 0 amide bonds. The zero-order valence-corrected chi connectivity index (χ0v) is 12.2. The predicted molar refractivity (Wildman–Crippen MR) is 72.6 cm³/mol. The van der Waals surface area contributed by atoms with Crippen molar-refractivity contribution in [2.75, 3.05) is 13.2 Å². The van der Waals surface area contributed by atoms with Gasteiger partial charge >= 0.3 is 23.9 Å². The molecule has 0 radical (unpaired) electrons. The van der Waals surface area contributed by atoms with Crippen molar-refractivity contribution in [2.24, 2.45) is 0 Å². The number of carbonyl (C=O) groups is 4. The molecule has 10 nitrogen and oxygen atoms in total. The molecule has 0 aliphatic carbocycles. The highest BCUT2D eigenvalue weighted by atomic mass is 35.5. The van der Waals surface area contributed by atoms with Crippen molar-refractivity contribution < 1.29 is 49.8 Å². The molecule has 126 valence electrons. The van der Waals surface area contributed by atoms with E-state index in [2.05, 4.69) is 0 Å². The molecule has 6 N–H and O–H groups in total. The number of rotatable bonds is 5. The standard InChI is InChI=1S/C4H2Cl2O4.C4H4O4.C2H6O2/c5-1(3(7)8)2(6)4(9)10;5-3(6)1-2-4(7)8;3-1-2-4/h(H,7,8)(H,9,10);1-2H,(H,5,6)(H,7,8);3-4H,1-2H2/b2*2-1-;. The van der Waals surface area contributed by atoms with Crippen LogP contribution in [0.25, 0.3) is 0 Å². The Bertz CT molecular complexity index is 415. The molecule has 0 aliphatic heterocycles. The average Bonchev–Trinajstić information content (AvgIpc) is 2.44. The van der Waals surface area contributed by atoms with Crippen LogP contribution in [0.5, 0.6) is 0 Å². The predicted octanol–water partition coefficient (Wildman–Crippen LogP) is -0.472. The summed E-state index contributed by atoms with van der Waals surface area (Å²) in [6.45, 7) is -0.250. The fourth-order valence-corrected chi connectivity index (χ4v) is 0.492. The summed E-state index contributed by atoms with van der Waals surface area (Å²) in [7, 11) is 0. The van der Waals surface area contributed by atoms with Crippen LogP contribution in [0.3, 0.4) is 0 Å². The second-order valence-corrected chi connectivity index (χ2v) is 3.45. The molecule has 0 atom stereocenters. The van der Waals surface area contributed by atoms with E-state index in [-0.39, 0.29) is 13.2 Å². The van der Waals surface area contributed by atoms with E-state index in [1.807, 2.05) is 0 Å². The lowest BCUT2D eigenvalue weighted by Gasteiger charge is -1.90. The van der Waals surface area contributed by atoms with Gasteiger partial charge in [-0.15, -0.1) is 0 Å². The van der Waals surface area contributed by atoms with Gasteiger partial charge in [0, 0.05) is 12.2 Å². The van der Waals surface area contributed by atoms with Crippen LogP contribution >= 0.6 is 23.2 Å². The second-order valence-electron chi connectivity index (χ2n) is 2.70. The summed E-state index contributed by atoms with van der Waals surface area (Å²) < 4.78 is 0. The Hall–Kier alpha value is -2.14. The zero-order chi connectivity index (χ0) is 18.3. The molecule has 22 heavy (non-hydrogen) atoms. The van der Waals surface area contributed by atoms with Crippen molar-refractivity contribution >= 4 is 47.1 Å². The summed E-state index contributed by atoms with van der Waals surface area (Å²) in [4.78, 5) is 38.9. The number of aliphatic hydroxyl groups is 2. The zero-order valence-electron chi connectivity index (χ0n) is 10.6. The number of hydrogen-bond acceptors (Lipinski definition) is 6. The quantitative estimate of drug-likeness (QED) is 0.348. The third kappa shape index (κ3) is 20.2. The van der Waals surface area contributed by atoms with Gasteiger partial charge in [0.05, 0.1) is 13.2 Å². The third-order valence-electron chi connectivity index (χ3n) is 1.04. The normalized spacial score (nSPS) is 10.4. The second kappa shape index (κ2) is 15.3. The molecule has 12 heteroatoms. The number of hydrogen-bond donors (Lipinski definition) is 6. The van der Waals surface area contributed by atoms with Gasteiger partial charge in [-0.25, -0.2) is 19.2 Å². The first kappa shape index (κ1) is 24.9. The number of aliphatic hydroxyl groups excluding tert-OH is 2. The average molecular weight is 363 g/mol.